The Balaban J connectivity index is 2.07. The molecule has 98 valence electrons. The lowest BCUT2D eigenvalue weighted by molar-refractivity contribution is 0.0505. The molecule has 1 saturated heterocycles. The van der Waals surface area contributed by atoms with Crippen LogP contribution in [-0.4, -0.2) is 55.1 Å². The maximum absolute atomic E-state index is 12.8. The minimum Gasteiger partial charge on any atom is -0.336 e. The van der Waals surface area contributed by atoms with Gasteiger partial charge >= 0.3 is 0 Å². The van der Waals surface area contributed by atoms with E-state index in [9.17, 15) is 9.18 Å². The van der Waals surface area contributed by atoms with Crippen molar-refractivity contribution in [1.29, 1.82) is 0 Å². The molecular formula is C13H16FIN2O. The Morgan fingerprint density at radius 2 is 2.06 bits per heavy atom. The molecule has 1 fully saturated rings. The first kappa shape index (κ1) is 13.7. The molecule has 5 heteroatoms. The van der Waals surface area contributed by atoms with Gasteiger partial charge in [-0.3, -0.25) is 9.69 Å². The number of benzene rings is 1. The maximum Gasteiger partial charge on any atom is 0.253 e. The summed E-state index contributed by atoms with van der Waals surface area (Å²) in [6.07, 6.45) is 0. The van der Waals surface area contributed by atoms with Crippen LogP contribution in [0, 0.1) is 3.57 Å². The Bertz CT molecular complexity index is 424. The van der Waals surface area contributed by atoms with Crippen molar-refractivity contribution in [2.45, 2.75) is 6.04 Å². The van der Waals surface area contributed by atoms with Gasteiger partial charge in [-0.1, -0.05) is 0 Å². The minimum atomic E-state index is -0.410. The highest BCUT2D eigenvalue weighted by Gasteiger charge is 2.27. The van der Waals surface area contributed by atoms with E-state index in [4.69, 9.17) is 0 Å². The van der Waals surface area contributed by atoms with Gasteiger partial charge in [0.1, 0.15) is 6.67 Å². The molecule has 1 aromatic carbocycles. The first-order valence-corrected chi connectivity index (χ1v) is 7.00. The Morgan fingerprint density at radius 3 is 2.67 bits per heavy atom. The fraction of sp³-hybridized carbons (Fsp3) is 0.462. The van der Waals surface area contributed by atoms with Gasteiger partial charge in [-0.2, -0.15) is 0 Å². The molecule has 1 unspecified atom stereocenters. The van der Waals surface area contributed by atoms with Gasteiger partial charge < -0.3 is 4.90 Å². The molecule has 0 N–H and O–H groups in total. The number of hydrogen-bond donors (Lipinski definition) is 0. The number of amides is 1. The van der Waals surface area contributed by atoms with Crippen LogP contribution in [0.15, 0.2) is 24.3 Å². The van der Waals surface area contributed by atoms with Crippen molar-refractivity contribution < 1.29 is 9.18 Å². The van der Waals surface area contributed by atoms with Crippen molar-refractivity contribution in [2.24, 2.45) is 0 Å². The number of carbonyl (C=O) groups excluding carboxylic acids is 1. The third kappa shape index (κ3) is 3.00. The molecular weight excluding hydrogens is 346 g/mol. The van der Waals surface area contributed by atoms with Gasteiger partial charge in [0, 0.05) is 28.8 Å². The van der Waals surface area contributed by atoms with Gasteiger partial charge in [-0.05, 0) is 53.9 Å². The Kier molecular flexibility index (Phi) is 4.55. The second kappa shape index (κ2) is 5.97. The first-order chi connectivity index (χ1) is 8.61. The molecule has 1 amide bonds. The Morgan fingerprint density at radius 1 is 1.39 bits per heavy atom. The number of alkyl halides is 1. The van der Waals surface area contributed by atoms with Crippen molar-refractivity contribution in [3.05, 3.63) is 33.4 Å². The predicted octanol–water partition coefficient (Wildman–Crippen LogP) is 2.02. The average molecular weight is 362 g/mol. The number of hydrogen-bond acceptors (Lipinski definition) is 2. The van der Waals surface area contributed by atoms with Crippen LogP contribution in [0.2, 0.25) is 0 Å². The van der Waals surface area contributed by atoms with E-state index in [-0.39, 0.29) is 11.9 Å². The number of likely N-dealkylation sites (N-methyl/N-ethyl adjacent to an activating group) is 1. The Labute approximate surface area is 120 Å². The number of carbonyl (C=O) groups is 1. The van der Waals surface area contributed by atoms with Crippen LogP contribution >= 0.6 is 22.6 Å². The van der Waals surface area contributed by atoms with E-state index in [0.29, 0.717) is 18.7 Å². The summed E-state index contributed by atoms with van der Waals surface area (Å²) in [5.74, 6) is -0.00190. The summed E-state index contributed by atoms with van der Waals surface area (Å²) in [6.45, 7) is 1.45. The van der Waals surface area contributed by atoms with E-state index >= 15 is 0 Å². The number of rotatable bonds is 2. The summed E-state index contributed by atoms with van der Waals surface area (Å²) in [4.78, 5) is 16.0. The molecule has 1 heterocycles. The van der Waals surface area contributed by atoms with Gasteiger partial charge in [0.2, 0.25) is 0 Å². The lowest BCUT2D eigenvalue weighted by Crippen LogP contribution is -2.54. The van der Waals surface area contributed by atoms with E-state index in [1.807, 2.05) is 36.2 Å². The lowest BCUT2D eigenvalue weighted by Gasteiger charge is -2.38. The number of nitrogens with zero attached hydrogens (tertiary/aromatic N) is 2. The predicted molar refractivity (Wildman–Crippen MR) is 77.5 cm³/mol. The molecule has 2 rings (SSSR count). The Hall–Kier alpha value is -0.690. The van der Waals surface area contributed by atoms with Crippen LogP contribution in [0.3, 0.4) is 0 Å². The molecule has 0 spiro atoms. The van der Waals surface area contributed by atoms with Crippen molar-refractivity contribution >= 4 is 28.5 Å². The van der Waals surface area contributed by atoms with Crippen LogP contribution in [0.5, 0.6) is 0 Å². The van der Waals surface area contributed by atoms with E-state index in [1.165, 1.54) is 0 Å². The smallest absolute Gasteiger partial charge is 0.253 e. The highest BCUT2D eigenvalue weighted by Crippen LogP contribution is 2.14. The second-order valence-corrected chi connectivity index (χ2v) is 5.79. The number of piperazine rings is 1. The standard InChI is InChI=1S/C13H16FIN2O/c1-16-6-7-17(9-12(16)8-14)13(18)10-2-4-11(15)5-3-10/h2-5,12H,6-9H2,1H3. The molecule has 0 saturated carbocycles. The third-order valence-electron chi connectivity index (χ3n) is 3.33. The lowest BCUT2D eigenvalue weighted by atomic mass is 10.1. The summed E-state index contributed by atoms with van der Waals surface area (Å²) < 4.78 is 13.9. The normalized spacial score (nSPS) is 21.1. The SMILES string of the molecule is CN1CCN(C(=O)c2ccc(I)cc2)CC1CF. The molecule has 1 aromatic rings. The molecule has 0 aliphatic carbocycles. The molecule has 0 radical (unpaired) electrons. The fourth-order valence-corrected chi connectivity index (χ4v) is 2.43. The van der Waals surface area contributed by atoms with Gasteiger partial charge in [0.05, 0.1) is 6.04 Å². The molecule has 1 atom stereocenters. The quantitative estimate of drug-likeness (QED) is 0.752. The molecule has 0 aromatic heterocycles. The zero-order valence-electron chi connectivity index (χ0n) is 10.3. The van der Waals surface area contributed by atoms with Gasteiger partial charge in [-0.25, -0.2) is 4.39 Å². The highest BCUT2D eigenvalue weighted by atomic mass is 127. The van der Waals surface area contributed by atoms with Crippen molar-refractivity contribution in [3.63, 3.8) is 0 Å². The van der Waals surface area contributed by atoms with Crippen LogP contribution in [0.1, 0.15) is 10.4 Å². The van der Waals surface area contributed by atoms with Crippen LogP contribution < -0.4 is 0 Å². The van der Waals surface area contributed by atoms with E-state index < -0.39 is 6.67 Å². The van der Waals surface area contributed by atoms with Crippen LogP contribution in [0.4, 0.5) is 4.39 Å². The zero-order chi connectivity index (χ0) is 13.1. The van der Waals surface area contributed by atoms with Crippen LogP contribution in [-0.2, 0) is 0 Å². The average Bonchev–Trinajstić information content (AvgIpc) is 2.39. The summed E-state index contributed by atoms with van der Waals surface area (Å²) in [7, 11) is 1.90. The summed E-state index contributed by atoms with van der Waals surface area (Å²) in [5.41, 5.74) is 0.678. The van der Waals surface area contributed by atoms with E-state index in [2.05, 4.69) is 22.6 Å². The van der Waals surface area contributed by atoms with E-state index in [1.54, 1.807) is 4.90 Å². The molecule has 1 aliphatic heterocycles. The summed E-state index contributed by atoms with van der Waals surface area (Å²) in [6, 6.07) is 7.30. The van der Waals surface area contributed by atoms with Crippen molar-refractivity contribution in [1.82, 2.24) is 9.80 Å². The van der Waals surface area contributed by atoms with Crippen molar-refractivity contribution in [3.8, 4) is 0 Å². The van der Waals surface area contributed by atoms with Crippen LogP contribution in [0.25, 0.3) is 0 Å². The summed E-state index contributed by atoms with van der Waals surface area (Å²) in [5, 5.41) is 0. The highest BCUT2D eigenvalue weighted by molar-refractivity contribution is 14.1. The molecule has 18 heavy (non-hydrogen) atoms. The summed E-state index contributed by atoms with van der Waals surface area (Å²) >= 11 is 2.21. The fourth-order valence-electron chi connectivity index (χ4n) is 2.07. The van der Waals surface area contributed by atoms with Gasteiger partial charge in [0.25, 0.3) is 5.91 Å². The largest absolute Gasteiger partial charge is 0.336 e. The third-order valence-corrected chi connectivity index (χ3v) is 4.05. The molecule has 0 bridgehead atoms. The molecule has 3 nitrogen and oxygen atoms in total. The monoisotopic (exact) mass is 362 g/mol. The van der Waals surface area contributed by atoms with Gasteiger partial charge in [-0.15, -0.1) is 0 Å². The topological polar surface area (TPSA) is 23.6 Å². The first-order valence-electron chi connectivity index (χ1n) is 5.93. The molecule has 1 aliphatic rings. The second-order valence-electron chi connectivity index (χ2n) is 4.55. The van der Waals surface area contributed by atoms with Gasteiger partial charge in [0.15, 0.2) is 0 Å². The zero-order valence-corrected chi connectivity index (χ0v) is 12.4. The van der Waals surface area contributed by atoms with E-state index in [0.717, 1.165) is 10.1 Å². The van der Waals surface area contributed by atoms with Crippen molar-refractivity contribution in [2.75, 3.05) is 33.4 Å². The number of halogens is 2. The minimum absolute atomic E-state index is 0.00190. The maximum atomic E-state index is 12.8.